The molecule has 1 aromatic carbocycles. The van der Waals surface area contributed by atoms with E-state index in [1.54, 1.807) is 0 Å². The van der Waals surface area contributed by atoms with Gasteiger partial charge in [-0.1, -0.05) is 24.3 Å². The molecule has 2 nitrogen and oxygen atoms in total. The Kier molecular flexibility index (Phi) is 3.35. The maximum absolute atomic E-state index is 11.6. The third kappa shape index (κ3) is 2.24. The fraction of sp³-hybridized carbons (Fsp3) is 0.684. The molecule has 1 aliphatic heterocycles. The van der Waals surface area contributed by atoms with Crippen LogP contribution in [0.4, 0.5) is 0 Å². The second-order valence-corrected chi connectivity index (χ2v) is 7.36. The van der Waals surface area contributed by atoms with E-state index in [0.717, 1.165) is 38.7 Å². The number of benzene rings is 1. The first-order valence-electron chi connectivity index (χ1n) is 8.67. The summed E-state index contributed by atoms with van der Waals surface area (Å²) in [5, 5.41) is 11.6. The number of aliphatic hydroxyl groups is 1. The topological polar surface area (TPSA) is 29.5 Å². The predicted octanol–water partition coefficient (Wildman–Crippen LogP) is 3.95. The van der Waals surface area contributed by atoms with Crippen LogP contribution in [-0.4, -0.2) is 17.3 Å². The van der Waals surface area contributed by atoms with Crippen molar-refractivity contribution in [2.45, 2.75) is 69.0 Å². The highest BCUT2D eigenvalue weighted by molar-refractivity contribution is 5.34. The summed E-state index contributed by atoms with van der Waals surface area (Å²) in [4.78, 5) is 0. The lowest BCUT2D eigenvalue weighted by atomic mass is 9.65. The zero-order chi connectivity index (χ0) is 14.3. The molecule has 2 unspecified atom stereocenters. The van der Waals surface area contributed by atoms with E-state index in [2.05, 4.69) is 24.3 Å². The Morgan fingerprint density at radius 1 is 1.05 bits per heavy atom. The molecule has 2 heteroatoms. The number of rotatable bonds is 1. The van der Waals surface area contributed by atoms with Gasteiger partial charge in [-0.15, -0.1) is 0 Å². The minimum Gasteiger partial charge on any atom is -0.385 e. The van der Waals surface area contributed by atoms with Crippen LogP contribution < -0.4 is 0 Å². The summed E-state index contributed by atoms with van der Waals surface area (Å²) in [5.74, 6) is 0.366. The molecule has 0 aromatic heterocycles. The zero-order valence-electron chi connectivity index (χ0n) is 12.8. The van der Waals surface area contributed by atoms with Gasteiger partial charge in [0.1, 0.15) is 0 Å². The Balaban J connectivity index is 1.68. The monoisotopic (exact) mass is 286 g/mol. The molecule has 114 valence electrons. The van der Waals surface area contributed by atoms with Crippen LogP contribution >= 0.6 is 0 Å². The van der Waals surface area contributed by atoms with Gasteiger partial charge in [0.2, 0.25) is 0 Å². The Labute approximate surface area is 127 Å². The summed E-state index contributed by atoms with van der Waals surface area (Å²) in [5.41, 5.74) is 2.06. The lowest BCUT2D eigenvalue weighted by Crippen LogP contribution is -2.50. The quantitative estimate of drug-likeness (QED) is 0.792. The molecule has 0 amide bonds. The van der Waals surface area contributed by atoms with E-state index in [-0.39, 0.29) is 5.60 Å². The van der Waals surface area contributed by atoms with Crippen molar-refractivity contribution in [3.05, 3.63) is 35.4 Å². The standard InChI is InChI=1S/C19H26O2/c20-19(16-9-13-21-18(14-16)10-5-11-18)12-4-3-7-15-6-1-2-8-17(15)19/h1-2,6,8,16,20H,3-5,7,9-14H2. The fourth-order valence-corrected chi connectivity index (χ4v) is 4.78. The van der Waals surface area contributed by atoms with Crippen molar-refractivity contribution in [1.29, 1.82) is 0 Å². The number of fused-ring (bicyclic) bond motifs is 1. The molecule has 1 N–H and O–H groups in total. The molecule has 1 saturated heterocycles. The summed E-state index contributed by atoms with van der Waals surface area (Å²) in [7, 11) is 0. The van der Waals surface area contributed by atoms with Gasteiger partial charge in [0, 0.05) is 6.61 Å². The van der Waals surface area contributed by atoms with Gasteiger partial charge in [-0.05, 0) is 74.8 Å². The van der Waals surface area contributed by atoms with E-state index >= 15 is 0 Å². The van der Waals surface area contributed by atoms with E-state index in [0.29, 0.717) is 5.92 Å². The highest BCUT2D eigenvalue weighted by atomic mass is 16.5. The third-order valence-corrected chi connectivity index (χ3v) is 6.17. The smallest absolute Gasteiger partial charge is 0.0929 e. The third-order valence-electron chi connectivity index (χ3n) is 6.17. The molecule has 3 aliphatic rings. The molecule has 0 radical (unpaired) electrons. The van der Waals surface area contributed by atoms with Crippen LogP contribution in [0.15, 0.2) is 24.3 Å². The molecule has 1 spiro atoms. The van der Waals surface area contributed by atoms with Crippen LogP contribution in [0.1, 0.15) is 62.5 Å². The fourth-order valence-electron chi connectivity index (χ4n) is 4.78. The highest BCUT2D eigenvalue weighted by Crippen LogP contribution is 2.51. The second-order valence-electron chi connectivity index (χ2n) is 7.36. The Morgan fingerprint density at radius 3 is 2.71 bits per heavy atom. The molecular weight excluding hydrogens is 260 g/mol. The molecule has 2 aliphatic carbocycles. The number of hydrogen-bond acceptors (Lipinski definition) is 2. The van der Waals surface area contributed by atoms with Crippen molar-refractivity contribution in [1.82, 2.24) is 0 Å². The van der Waals surface area contributed by atoms with Crippen molar-refractivity contribution in [3.63, 3.8) is 0 Å². The number of hydrogen-bond donors (Lipinski definition) is 1. The lowest BCUT2D eigenvalue weighted by Gasteiger charge is -2.51. The highest BCUT2D eigenvalue weighted by Gasteiger charge is 2.49. The first kappa shape index (κ1) is 13.8. The number of ether oxygens (including phenoxy) is 1. The largest absolute Gasteiger partial charge is 0.385 e. The molecular formula is C19H26O2. The molecule has 0 bridgehead atoms. The van der Waals surface area contributed by atoms with Crippen molar-refractivity contribution in [3.8, 4) is 0 Å². The van der Waals surface area contributed by atoms with Crippen LogP contribution in [-0.2, 0) is 16.8 Å². The first-order chi connectivity index (χ1) is 10.2. The van der Waals surface area contributed by atoms with E-state index in [4.69, 9.17) is 4.74 Å². The molecule has 4 rings (SSSR count). The normalized spacial score (nSPS) is 34.8. The average molecular weight is 286 g/mol. The van der Waals surface area contributed by atoms with E-state index in [1.165, 1.54) is 36.8 Å². The van der Waals surface area contributed by atoms with Gasteiger partial charge >= 0.3 is 0 Å². The van der Waals surface area contributed by atoms with Crippen LogP contribution in [0.5, 0.6) is 0 Å². The average Bonchev–Trinajstić information content (AvgIpc) is 2.67. The maximum Gasteiger partial charge on any atom is 0.0929 e. The Morgan fingerprint density at radius 2 is 1.90 bits per heavy atom. The molecule has 1 heterocycles. The van der Waals surface area contributed by atoms with Gasteiger partial charge < -0.3 is 9.84 Å². The van der Waals surface area contributed by atoms with Crippen molar-refractivity contribution in [2.75, 3.05) is 6.61 Å². The van der Waals surface area contributed by atoms with Crippen LogP contribution in [0.2, 0.25) is 0 Å². The van der Waals surface area contributed by atoms with Crippen molar-refractivity contribution >= 4 is 0 Å². The Hall–Kier alpha value is -0.860. The Bertz CT molecular complexity index is 520. The summed E-state index contributed by atoms with van der Waals surface area (Å²) >= 11 is 0. The van der Waals surface area contributed by atoms with E-state index in [1.807, 2.05) is 0 Å². The lowest BCUT2D eigenvalue weighted by molar-refractivity contribution is -0.179. The summed E-state index contributed by atoms with van der Waals surface area (Å²) < 4.78 is 6.08. The van der Waals surface area contributed by atoms with Crippen molar-refractivity contribution in [2.24, 2.45) is 5.92 Å². The van der Waals surface area contributed by atoms with E-state index < -0.39 is 5.60 Å². The molecule has 1 aromatic rings. The van der Waals surface area contributed by atoms with Crippen LogP contribution in [0.3, 0.4) is 0 Å². The number of aryl methyl sites for hydroxylation is 1. The minimum absolute atomic E-state index is 0.111. The van der Waals surface area contributed by atoms with Crippen LogP contribution in [0, 0.1) is 5.92 Å². The molecule has 21 heavy (non-hydrogen) atoms. The molecule has 2 fully saturated rings. The van der Waals surface area contributed by atoms with Gasteiger partial charge in [0.15, 0.2) is 0 Å². The molecule has 1 saturated carbocycles. The maximum atomic E-state index is 11.6. The van der Waals surface area contributed by atoms with Gasteiger partial charge in [-0.2, -0.15) is 0 Å². The predicted molar refractivity (Wildman–Crippen MR) is 83.2 cm³/mol. The first-order valence-corrected chi connectivity index (χ1v) is 8.67. The van der Waals surface area contributed by atoms with Crippen molar-refractivity contribution < 1.29 is 9.84 Å². The second kappa shape index (κ2) is 5.10. The van der Waals surface area contributed by atoms with Gasteiger partial charge in [-0.25, -0.2) is 0 Å². The minimum atomic E-state index is -0.626. The van der Waals surface area contributed by atoms with Gasteiger partial charge in [0.25, 0.3) is 0 Å². The van der Waals surface area contributed by atoms with Gasteiger partial charge in [-0.3, -0.25) is 0 Å². The van der Waals surface area contributed by atoms with Gasteiger partial charge in [0.05, 0.1) is 11.2 Å². The zero-order valence-corrected chi connectivity index (χ0v) is 12.8. The van der Waals surface area contributed by atoms with Crippen LogP contribution in [0.25, 0.3) is 0 Å². The SMILES string of the molecule is OC1(C2CCOC3(CCC3)C2)CCCCc2ccccc21. The summed E-state index contributed by atoms with van der Waals surface area (Å²) in [6.45, 7) is 0.829. The summed E-state index contributed by atoms with van der Waals surface area (Å²) in [6, 6.07) is 8.59. The molecule has 2 atom stereocenters. The van der Waals surface area contributed by atoms with E-state index in [9.17, 15) is 5.11 Å². The summed E-state index contributed by atoms with van der Waals surface area (Å²) in [6.07, 6.45) is 10.1.